The summed E-state index contributed by atoms with van der Waals surface area (Å²) in [6, 6.07) is -0.0384. The fraction of sp³-hybridized carbons (Fsp3) is 0.733. The zero-order valence-corrected chi connectivity index (χ0v) is 15.5. The lowest BCUT2D eigenvalue weighted by Crippen LogP contribution is -2.46. The molecule has 1 fully saturated rings. The second-order valence-electron chi connectivity index (χ2n) is 5.98. The largest absolute Gasteiger partial charge is 0.337 e. The molecule has 1 aliphatic heterocycles. The summed E-state index contributed by atoms with van der Waals surface area (Å²) in [4.78, 5) is 18.4. The summed E-state index contributed by atoms with van der Waals surface area (Å²) >= 11 is 3.30. The maximum atomic E-state index is 13.8. The van der Waals surface area contributed by atoms with E-state index in [0.717, 1.165) is 16.5 Å². The van der Waals surface area contributed by atoms with E-state index < -0.39 is 6.17 Å². The van der Waals surface area contributed by atoms with Crippen LogP contribution in [0.3, 0.4) is 0 Å². The monoisotopic (exact) mass is 360 g/mol. The molecule has 0 radical (unpaired) electrons. The van der Waals surface area contributed by atoms with Gasteiger partial charge in [-0.2, -0.15) is 11.8 Å². The highest BCUT2D eigenvalue weighted by Gasteiger charge is 2.32. The third-order valence-electron chi connectivity index (χ3n) is 3.80. The normalized spacial score (nSPS) is 23.0. The molecule has 23 heavy (non-hydrogen) atoms. The molecule has 0 spiro atoms. The van der Waals surface area contributed by atoms with Crippen LogP contribution in [0.25, 0.3) is 0 Å². The van der Waals surface area contributed by atoms with Crippen molar-refractivity contribution in [3.63, 3.8) is 0 Å². The number of carbonyl (C=O) groups is 1. The van der Waals surface area contributed by atoms with Gasteiger partial charge in [0.25, 0.3) is 0 Å². The first kappa shape index (κ1) is 18.5. The molecule has 3 atom stereocenters. The van der Waals surface area contributed by atoms with Crippen molar-refractivity contribution in [1.82, 2.24) is 20.5 Å². The topological polar surface area (TPSA) is 57.3 Å². The summed E-state index contributed by atoms with van der Waals surface area (Å²) in [5.74, 6) is 0.874. The van der Waals surface area contributed by atoms with E-state index in [4.69, 9.17) is 0 Å². The highest BCUT2D eigenvalue weighted by molar-refractivity contribution is 7.98. The number of hydrogen-bond acceptors (Lipinski definition) is 5. The average molecular weight is 361 g/mol. The molecule has 0 bridgehead atoms. The van der Waals surface area contributed by atoms with Gasteiger partial charge < -0.3 is 10.6 Å². The van der Waals surface area contributed by atoms with E-state index in [2.05, 4.69) is 20.5 Å². The van der Waals surface area contributed by atoms with Crippen LogP contribution < -0.4 is 10.6 Å². The van der Waals surface area contributed by atoms with Crippen LogP contribution in [0.1, 0.15) is 24.0 Å². The standard InChI is InChI=1S/C15H25FN4OS2/c1-10(8-22-3)18-15(21)17-5-14-4-12(16)6-20(14)7-13-9-23-11(2)19-13/h9-10,12,14H,4-8H2,1-3H3,(H2,17,18,21)/t10-,12-,14-/m0/s1. The molecule has 1 saturated heterocycles. The summed E-state index contributed by atoms with van der Waals surface area (Å²) in [7, 11) is 0. The Labute approximate surface area is 145 Å². The second kappa shape index (κ2) is 8.84. The van der Waals surface area contributed by atoms with E-state index in [0.29, 0.717) is 26.1 Å². The number of nitrogens with zero attached hydrogens (tertiary/aromatic N) is 2. The Morgan fingerprint density at radius 1 is 1.65 bits per heavy atom. The number of likely N-dealkylation sites (tertiary alicyclic amines) is 1. The number of urea groups is 1. The van der Waals surface area contributed by atoms with Gasteiger partial charge in [-0.15, -0.1) is 11.3 Å². The van der Waals surface area contributed by atoms with E-state index in [1.165, 1.54) is 0 Å². The van der Waals surface area contributed by atoms with Crippen molar-refractivity contribution in [3.8, 4) is 0 Å². The Kier molecular flexibility index (Phi) is 7.10. The Bertz CT molecular complexity index is 513. The first-order valence-electron chi connectivity index (χ1n) is 7.80. The number of carbonyl (C=O) groups excluding carboxylic acids is 1. The zero-order chi connectivity index (χ0) is 16.8. The Morgan fingerprint density at radius 3 is 3.09 bits per heavy atom. The molecule has 2 amide bonds. The summed E-state index contributed by atoms with van der Waals surface area (Å²) in [6.07, 6.45) is 1.64. The number of nitrogens with one attached hydrogen (secondary N) is 2. The molecule has 2 N–H and O–H groups in total. The molecule has 2 rings (SSSR count). The lowest BCUT2D eigenvalue weighted by Gasteiger charge is -2.24. The molecular weight excluding hydrogens is 335 g/mol. The van der Waals surface area contributed by atoms with Gasteiger partial charge in [-0.1, -0.05) is 0 Å². The minimum atomic E-state index is -0.833. The number of aromatic nitrogens is 1. The fourth-order valence-corrected chi connectivity index (χ4v) is 3.98. The van der Waals surface area contributed by atoms with Gasteiger partial charge in [-0.3, -0.25) is 4.90 Å². The van der Waals surface area contributed by atoms with Crippen LogP contribution in [-0.2, 0) is 6.54 Å². The number of alkyl halides is 1. The van der Waals surface area contributed by atoms with Crippen LogP contribution in [0.4, 0.5) is 9.18 Å². The van der Waals surface area contributed by atoms with Crippen molar-refractivity contribution in [3.05, 3.63) is 16.1 Å². The second-order valence-corrected chi connectivity index (χ2v) is 7.96. The molecule has 1 aliphatic rings. The van der Waals surface area contributed by atoms with E-state index in [1.54, 1.807) is 23.1 Å². The number of aryl methyl sites for hydroxylation is 1. The molecule has 0 saturated carbocycles. The van der Waals surface area contributed by atoms with Crippen LogP contribution in [0.15, 0.2) is 5.38 Å². The van der Waals surface area contributed by atoms with Gasteiger partial charge in [-0.05, 0) is 26.5 Å². The van der Waals surface area contributed by atoms with Crippen LogP contribution in [0.5, 0.6) is 0 Å². The lowest BCUT2D eigenvalue weighted by atomic mass is 10.2. The van der Waals surface area contributed by atoms with Crippen LogP contribution in [0.2, 0.25) is 0 Å². The maximum Gasteiger partial charge on any atom is 0.315 e. The molecule has 1 aromatic heterocycles. The van der Waals surface area contributed by atoms with Gasteiger partial charge in [-0.25, -0.2) is 14.2 Å². The molecule has 2 heterocycles. The predicted octanol–water partition coefficient (Wildman–Crippen LogP) is 2.41. The maximum absolute atomic E-state index is 13.8. The zero-order valence-electron chi connectivity index (χ0n) is 13.8. The van der Waals surface area contributed by atoms with Crippen LogP contribution >= 0.6 is 23.1 Å². The minimum absolute atomic E-state index is 0.0219. The highest BCUT2D eigenvalue weighted by atomic mass is 32.2. The summed E-state index contributed by atoms with van der Waals surface area (Å²) < 4.78 is 13.8. The Balaban J connectivity index is 1.81. The number of thioether (sulfide) groups is 1. The summed E-state index contributed by atoms with van der Waals surface area (Å²) in [5.41, 5.74) is 0.977. The molecular formula is C15H25FN4OS2. The molecule has 5 nitrogen and oxygen atoms in total. The van der Waals surface area contributed by atoms with E-state index >= 15 is 0 Å². The Hall–Kier alpha value is -0.860. The molecule has 0 unspecified atom stereocenters. The first-order valence-corrected chi connectivity index (χ1v) is 10.1. The smallest absolute Gasteiger partial charge is 0.315 e. The van der Waals surface area contributed by atoms with Crippen molar-refractivity contribution >= 4 is 29.1 Å². The number of hydrogen-bond donors (Lipinski definition) is 2. The van der Waals surface area contributed by atoms with Crippen molar-refractivity contribution in [1.29, 1.82) is 0 Å². The molecule has 8 heteroatoms. The van der Waals surface area contributed by atoms with E-state index in [-0.39, 0.29) is 18.1 Å². The van der Waals surface area contributed by atoms with E-state index in [1.807, 2.05) is 25.5 Å². The first-order chi connectivity index (χ1) is 11.0. The van der Waals surface area contributed by atoms with Gasteiger partial charge in [0.15, 0.2) is 0 Å². The average Bonchev–Trinajstić information content (AvgIpc) is 3.03. The predicted molar refractivity (Wildman–Crippen MR) is 94.9 cm³/mol. The summed E-state index contributed by atoms with van der Waals surface area (Å²) in [5, 5.41) is 8.80. The van der Waals surface area contributed by atoms with E-state index in [9.17, 15) is 9.18 Å². The van der Waals surface area contributed by atoms with Crippen molar-refractivity contribution in [2.75, 3.05) is 25.1 Å². The van der Waals surface area contributed by atoms with Gasteiger partial charge in [0, 0.05) is 42.9 Å². The Morgan fingerprint density at radius 2 is 2.43 bits per heavy atom. The molecule has 130 valence electrons. The number of rotatable bonds is 7. The van der Waals surface area contributed by atoms with Crippen molar-refractivity contribution in [2.45, 2.75) is 45.1 Å². The van der Waals surface area contributed by atoms with Gasteiger partial charge in [0.05, 0.1) is 10.7 Å². The fourth-order valence-electron chi connectivity index (χ4n) is 2.79. The highest BCUT2D eigenvalue weighted by Crippen LogP contribution is 2.22. The van der Waals surface area contributed by atoms with Crippen molar-refractivity contribution < 1.29 is 9.18 Å². The molecule has 0 aliphatic carbocycles. The van der Waals surface area contributed by atoms with Gasteiger partial charge in [0.1, 0.15) is 6.17 Å². The van der Waals surface area contributed by atoms with Crippen LogP contribution in [0, 0.1) is 6.92 Å². The number of halogens is 1. The minimum Gasteiger partial charge on any atom is -0.337 e. The SMILES string of the molecule is CSC[C@H](C)NC(=O)NC[C@@H]1C[C@H](F)CN1Cc1csc(C)n1. The van der Waals surface area contributed by atoms with Crippen molar-refractivity contribution in [2.24, 2.45) is 0 Å². The summed E-state index contributed by atoms with van der Waals surface area (Å²) in [6.45, 7) is 5.45. The quantitative estimate of drug-likeness (QED) is 0.784. The van der Waals surface area contributed by atoms with Gasteiger partial charge >= 0.3 is 6.03 Å². The third kappa shape index (κ3) is 5.93. The lowest BCUT2D eigenvalue weighted by molar-refractivity contribution is 0.217. The number of amides is 2. The molecule has 1 aromatic rings. The van der Waals surface area contributed by atoms with Crippen LogP contribution in [-0.4, -0.2) is 59.3 Å². The third-order valence-corrected chi connectivity index (χ3v) is 5.46. The van der Waals surface area contributed by atoms with Gasteiger partial charge in [0.2, 0.25) is 0 Å². The molecule has 0 aromatic carbocycles. The number of thiazole rings is 1.